The summed E-state index contributed by atoms with van der Waals surface area (Å²) in [6, 6.07) is 13.8. The zero-order valence-corrected chi connectivity index (χ0v) is 15.9. The maximum absolute atomic E-state index is 12.5. The second-order valence-corrected chi connectivity index (χ2v) is 7.05. The van der Waals surface area contributed by atoms with Gasteiger partial charge in [-0.2, -0.15) is 0 Å². The molecule has 27 heavy (non-hydrogen) atoms. The molecule has 0 spiro atoms. The number of H-pyrrole nitrogens is 1. The van der Waals surface area contributed by atoms with Crippen LogP contribution in [0.2, 0.25) is 0 Å². The molecule has 3 aromatic heterocycles. The van der Waals surface area contributed by atoms with E-state index in [1.54, 1.807) is 25.6 Å². The summed E-state index contributed by atoms with van der Waals surface area (Å²) in [6.45, 7) is 0.645. The molecule has 4 rings (SSSR count). The van der Waals surface area contributed by atoms with Crippen molar-refractivity contribution >= 4 is 17.0 Å². The first-order valence-electron chi connectivity index (χ1n) is 8.47. The van der Waals surface area contributed by atoms with Gasteiger partial charge in [-0.25, -0.2) is 9.50 Å². The van der Waals surface area contributed by atoms with Crippen LogP contribution in [-0.4, -0.2) is 28.8 Å². The van der Waals surface area contributed by atoms with Crippen molar-refractivity contribution in [2.24, 2.45) is 0 Å². The highest BCUT2D eigenvalue weighted by Gasteiger charge is 2.19. The van der Waals surface area contributed by atoms with Crippen molar-refractivity contribution in [3.05, 3.63) is 69.6 Å². The zero-order valence-electron chi connectivity index (χ0n) is 15.1. The van der Waals surface area contributed by atoms with E-state index in [0.717, 1.165) is 27.3 Å². The molecule has 0 fully saturated rings. The first-order valence-corrected chi connectivity index (χ1v) is 9.35. The van der Waals surface area contributed by atoms with Crippen molar-refractivity contribution in [1.82, 2.24) is 14.6 Å². The minimum atomic E-state index is -0.171. The van der Waals surface area contributed by atoms with Gasteiger partial charge in [-0.3, -0.25) is 9.89 Å². The molecule has 0 amide bonds. The number of nitrogens with one attached hydrogen (secondary N) is 1. The molecule has 3 heterocycles. The van der Waals surface area contributed by atoms with Gasteiger partial charge in [0.05, 0.1) is 30.2 Å². The SMILES string of the molecule is COCc1cc(=O)n2[nH]c(COC)c(-c3cc(-c4ccccc4)cs3)c2n1. The Morgan fingerprint density at radius 2 is 1.85 bits per heavy atom. The monoisotopic (exact) mass is 381 g/mol. The largest absolute Gasteiger partial charge is 0.378 e. The molecule has 6 nitrogen and oxygen atoms in total. The van der Waals surface area contributed by atoms with Crippen LogP contribution in [0.5, 0.6) is 0 Å². The van der Waals surface area contributed by atoms with E-state index >= 15 is 0 Å². The lowest BCUT2D eigenvalue weighted by Crippen LogP contribution is -2.16. The Kier molecular flexibility index (Phi) is 4.89. The van der Waals surface area contributed by atoms with Gasteiger partial charge < -0.3 is 9.47 Å². The predicted octanol–water partition coefficient (Wildman–Crippen LogP) is 3.71. The highest BCUT2D eigenvalue weighted by Crippen LogP contribution is 2.36. The van der Waals surface area contributed by atoms with Gasteiger partial charge in [0.2, 0.25) is 0 Å². The molecule has 0 aliphatic rings. The van der Waals surface area contributed by atoms with Crippen molar-refractivity contribution in [3.63, 3.8) is 0 Å². The van der Waals surface area contributed by atoms with Gasteiger partial charge in [0, 0.05) is 25.2 Å². The van der Waals surface area contributed by atoms with Gasteiger partial charge in [0.25, 0.3) is 5.56 Å². The molecular formula is C20H19N3O3S. The van der Waals surface area contributed by atoms with Gasteiger partial charge in [0.15, 0.2) is 5.65 Å². The van der Waals surface area contributed by atoms with Crippen LogP contribution < -0.4 is 5.56 Å². The topological polar surface area (TPSA) is 68.6 Å². The summed E-state index contributed by atoms with van der Waals surface area (Å²) in [4.78, 5) is 18.2. The average molecular weight is 381 g/mol. The van der Waals surface area contributed by atoms with Crippen LogP contribution >= 0.6 is 11.3 Å². The summed E-state index contributed by atoms with van der Waals surface area (Å²) in [5.74, 6) is 0. The van der Waals surface area contributed by atoms with Crippen LogP contribution in [0.4, 0.5) is 0 Å². The van der Waals surface area contributed by atoms with Crippen LogP contribution in [0.15, 0.2) is 52.6 Å². The average Bonchev–Trinajstić information content (AvgIpc) is 3.28. The van der Waals surface area contributed by atoms with Crippen LogP contribution in [-0.2, 0) is 22.7 Å². The van der Waals surface area contributed by atoms with E-state index in [4.69, 9.17) is 9.47 Å². The first-order chi connectivity index (χ1) is 13.2. The third kappa shape index (κ3) is 3.32. The van der Waals surface area contributed by atoms with Gasteiger partial charge in [0.1, 0.15) is 0 Å². The molecule has 1 aromatic carbocycles. The number of thiophene rings is 1. The Hall–Kier alpha value is -2.74. The molecule has 0 radical (unpaired) electrons. The third-order valence-corrected chi connectivity index (χ3v) is 5.23. The van der Waals surface area contributed by atoms with E-state index in [9.17, 15) is 4.79 Å². The molecule has 0 aliphatic heterocycles. The number of fused-ring (bicyclic) bond motifs is 1. The molecule has 0 saturated carbocycles. The second kappa shape index (κ2) is 7.48. The molecule has 0 aliphatic carbocycles. The molecule has 7 heteroatoms. The quantitative estimate of drug-likeness (QED) is 0.553. The van der Waals surface area contributed by atoms with Crippen molar-refractivity contribution in [3.8, 4) is 21.6 Å². The Labute approximate surface area is 160 Å². The number of aromatic nitrogens is 3. The highest BCUT2D eigenvalue weighted by molar-refractivity contribution is 7.14. The lowest BCUT2D eigenvalue weighted by molar-refractivity contribution is 0.181. The van der Waals surface area contributed by atoms with Crippen molar-refractivity contribution in [2.45, 2.75) is 13.2 Å². The van der Waals surface area contributed by atoms with Gasteiger partial charge in [-0.1, -0.05) is 30.3 Å². The number of ether oxygens (including phenoxy) is 2. The minimum Gasteiger partial charge on any atom is -0.378 e. The van der Waals surface area contributed by atoms with Crippen molar-refractivity contribution in [1.29, 1.82) is 0 Å². The lowest BCUT2D eigenvalue weighted by atomic mass is 10.1. The summed E-state index contributed by atoms with van der Waals surface area (Å²) in [5, 5.41) is 5.25. The fraction of sp³-hybridized carbons (Fsp3) is 0.200. The number of hydrogen-bond donors (Lipinski definition) is 1. The predicted molar refractivity (Wildman–Crippen MR) is 106 cm³/mol. The first kappa shape index (κ1) is 17.7. The summed E-state index contributed by atoms with van der Waals surface area (Å²) in [5.41, 5.74) is 5.01. The number of aromatic amines is 1. The summed E-state index contributed by atoms with van der Waals surface area (Å²) in [6.07, 6.45) is 0. The van der Waals surface area contributed by atoms with Crippen molar-refractivity contribution in [2.75, 3.05) is 14.2 Å². The van der Waals surface area contributed by atoms with Crippen LogP contribution in [0.3, 0.4) is 0 Å². The van der Waals surface area contributed by atoms with Crippen LogP contribution in [0, 0.1) is 0 Å². The Morgan fingerprint density at radius 3 is 2.59 bits per heavy atom. The minimum absolute atomic E-state index is 0.171. The molecule has 138 valence electrons. The fourth-order valence-corrected chi connectivity index (χ4v) is 4.10. The molecule has 0 atom stereocenters. The van der Waals surface area contributed by atoms with E-state index in [-0.39, 0.29) is 12.2 Å². The van der Waals surface area contributed by atoms with Gasteiger partial charge >= 0.3 is 0 Å². The summed E-state index contributed by atoms with van der Waals surface area (Å²) in [7, 11) is 3.22. The number of rotatable bonds is 6. The third-order valence-electron chi connectivity index (χ3n) is 4.28. The van der Waals surface area contributed by atoms with E-state index in [2.05, 4.69) is 33.7 Å². The summed E-state index contributed by atoms with van der Waals surface area (Å²) < 4.78 is 11.9. The maximum Gasteiger partial charge on any atom is 0.273 e. The number of hydrogen-bond acceptors (Lipinski definition) is 5. The van der Waals surface area contributed by atoms with E-state index < -0.39 is 0 Å². The number of nitrogens with zero attached hydrogens (tertiary/aromatic N) is 2. The summed E-state index contributed by atoms with van der Waals surface area (Å²) >= 11 is 1.62. The lowest BCUT2D eigenvalue weighted by Gasteiger charge is -2.02. The maximum atomic E-state index is 12.5. The zero-order chi connectivity index (χ0) is 18.8. The fourth-order valence-electron chi connectivity index (χ4n) is 3.11. The van der Waals surface area contributed by atoms with Gasteiger partial charge in [-0.05, 0) is 22.6 Å². The smallest absolute Gasteiger partial charge is 0.273 e. The van der Waals surface area contributed by atoms with Crippen LogP contribution in [0.1, 0.15) is 11.4 Å². The Balaban J connectivity index is 1.90. The number of benzene rings is 1. The standard InChI is InChI=1S/C20H19N3O3S/c1-25-10-15-9-18(24)23-20(21-15)19(16(22-23)11-26-2)17-8-14(12-27-17)13-6-4-3-5-7-13/h3-9,12,22H,10-11H2,1-2H3. The molecular weight excluding hydrogens is 362 g/mol. The molecule has 1 N–H and O–H groups in total. The van der Waals surface area contributed by atoms with E-state index in [0.29, 0.717) is 17.9 Å². The van der Waals surface area contributed by atoms with E-state index in [1.807, 2.05) is 18.2 Å². The normalized spacial score (nSPS) is 11.3. The molecule has 4 aromatic rings. The Bertz CT molecular complexity index is 1130. The number of methoxy groups -OCH3 is 2. The van der Waals surface area contributed by atoms with E-state index in [1.165, 1.54) is 10.6 Å². The Morgan fingerprint density at radius 1 is 1.07 bits per heavy atom. The molecule has 0 unspecified atom stereocenters. The highest BCUT2D eigenvalue weighted by atomic mass is 32.1. The second-order valence-electron chi connectivity index (χ2n) is 6.14. The van der Waals surface area contributed by atoms with Gasteiger partial charge in [-0.15, -0.1) is 11.3 Å². The molecule has 0 saturated heterocycles. The van der Waals surface area contributed by atoms with Crippen molar-refractivity contribution < 1.29 is 9.47 Å². The molecule has 0 bridgehead atoms. The van der Waals surface area contributed by atoms with Crippen LogP contribution in [0.25, 0.3) is 27.2 Å².